The molecule has 0 aliphatic rings. The highest BCUT2D eigenvalue weighted by molar-refractivity contribution is 7.07. The van der Waals surface area contributed by atoms with Crippen LogP contribution in [0.25, 0.3) is 21.8 Å². The molecule has 23 heavy (non-hydrogen) atoms. The molecule has 0 bridgehead atoms. The van der Waals surface area contributed by atoms with Crippen LogP contribution in [0.1, 0.15) is 16.2 Å². The summed E-state index contributed by atoms with van der Waals surface area (Å²) in [6.07, 6.45) is 1.58. The molecule has 0 saturated carbocycles. The van der Waals surface area contributed by atoms with Crippen molar-refractivity contribution in [3.05, 3.63) is 58.6 Å². The number of thiazole rings is 1. The molecule has 4 rings (SSSR count). The number of nitrogens with one attached hydrogen (secondary N) is 2. The van der Waals surface area contributed by atoms with E-state index in [0.717, 1.165) is 16.5 Å². The Balaban J connectivity index is 1.74. The van der Waals surface area contributed by atoms with Crippen LogP contribution in [0.15, 0.2) is 41.4 Å². The summed E-state index contributed by atoms with van der Waals surface area (Å²) >= 11 is 1.47. The summed E-state index contributed by atoms with van der Waals surface area (Å²) in [6, 6.07) is 6.31. The van der Waals surface area contributed by atoms with Crippen molar-refractivity contribution in [3.63, 3.8) is 0 Å². The van der Waals surface area contributed by atoms with Gasteiger partial charge in [0, 0.05) is 27.9 Å². The molecule has 1 amide bonds. The lowest BCUT2D eigenvalue weighted by Crippen LogP contribution is -2.24. The van der Waals surface area contributed by atoms with Crippen molar-refractivity contribution in [1.82, 2.24) is 20.3 Å². The van der Waals surface area contributed by atoms with E-state index >= 15 is 0 Å². The van der Waals surface area contributed by atoms with Crippen molar-refractivity contribution in [2.45, 2.75) is 6.54 Å². The largest absolute Gasteiger partial charge is 0.352 e. The highest BCUT2D eigenvalue weighted by Gasteiger charge is 2.15. The summed E-state index contributed by atoms with van der Waals surface area (Å²) in [7, 11) is 0. The molecule has 0 radical (unpaired) electrons. The van der Waals surface area contributed by atoms with E-state index in [9.17, 15) is 9.18 Å². The van der Waals surface area contributed by atoms with Crippen LogP contribution in [0.5, 0.6) is 0 Å². The number of aromatic nitrogens is 3. The van der Waals surface area contributed by atoms with Gasteiger partial charge >= 0.3 is 0 Å². The number of halogens is 1. The van der Waals surface area contributed by atoms with Gasteiger partial charge in [-0.2, -0.15) is 0 Å². The van der Waals surface area contributed by atoms with Crippen LogP contribution >= 0.6 is 11.3 Å². The first-order valence-corrected chi connectivity index (χ1v) is 7.88. The Labute approximate surface area is 134 Å². The topological polar surface area (TPSA) is 70.7 Å². The fraction of sp³-hybridized carbons (Fsp3) is 0.0625. The second kappa shape index (κ2) is 5.44. The summed E-state index contributed by atoms with van der Waals surface area (Å²) in [4.78, 5) is 23.8. The van der Waals surface area contributed by atoms with Crippen molar-refractivity contribution >= 4 is 39.0 Å². The lowest BCUT2D eigenvalue weighted by atomic mass is 10.1. The molecule has 3 heterocycles. The normalized spacial score (nSPS) is 11.2. The van der Waals surface area contributed by atoms with Gasteiger partial charge in [-0.15, -0.1) is 11.3 Å². The summed E-state index contributed by atoms with van der Waals surface area (Å²) in [6.45, 7) is 0.343. The van der Waals surface area contributed by atoms with E-state index in [1.54, 1.807) is 17.8 Å². The average Bonchev–Trinajstić information content (AvgIpc) is 3.18. The first-order chi connectivity index (χ1) is 11.2. The number of benzene rings is 1. The van der Waals surface area contributed by atoms with E-state index in [-0.39, 0.29) is 17.4 Å². The lowest BCUT2D eigenvalue weighted by molar-refractivity contribution is 0.0947. The van der Waals surface area contributed by atoms with Gasteiger partial charge in [0.25, 0.3) is 5.91 Å². The van der Waals surface area contributed by atoms with Gasteiger partial charge in [-0.1, -0.05) is 0 Å². The van der Waals surface area contributed by atoms with Gasteiger partial charge in [0.2, 0.25) is 0 Å². The number of hydrogen-bond acceptors (Lipinski definition) is 4. The maximum absolute atomic E-state index is 13.4. The monoisotopic (exact) mass is 326 g/mol. The number of pyridine rings is 1. The number of H-pyrrole nitrogens is 1. The van der Waals surface area contributed by atoms with Gasteiger partial charge in [0.1, 0.15) is 5.82 Å². The molecule has 0 aliphatic heterocycles. The number of aromatic amines is 1. The Morgan fingerprint density at radius 2 is 2.17 bits per heavy atom. The molecule has 114 valence electrons. The second-order valence-electron chi connectivity index (χ2n) is 5.06. The molecule has 1 aromatic carbocycles. The Kier molecular flexibility index (Phi) is 3.27. The third kappa shape index (κ3) is 2.44. The smallest absolute Gasteiger partial charge is 0.272 e. The molecule has 5 nitrogen and oxygen atoms in total. The maximum atomic E-state index is 13.4. The number of carbonyl (C=O) groups is 1. The summed E-state index contributed by atoms with van der Waals surface area (Å²) < 4.78 is 13.4. The molecule has 0 fully saturated rings. The second-order valence-corrected chi connectivity index (χ2v) is 5.78. The molecule has 3 aromatic heterocycles. The van der Waals surface area contributed by atoms with Crippen LogP contribution in [-0.2, 0) is 6.54 Å². The Bertz CT molecular complexity index is 1010. The summed E-state index contributed by atoms with van der Waals surface area (Å²) in [5.41, 5.74) is 4.04. The van der Waals surface area contributed by atoms with Crippen molar-refractivity contribution in [1.29, 1.82) is 0 Å². The number of hydrogen-bond donors (Lipinski definition) is 2. The summed E-state index contributed by atoms with van der Waals surface area (Å²) in [5.74, 6) is -0.623. The third-order valence-corrected chi connectivity index (χ3v) is 4.25. The maximum Gasteiger partial charge on any atom is 0.272 e. The quantitative estimate of drug-likeness (QED) is 0.607. The van der Waals surface area contributed by atoms with E-state index in [4.69, 9.17) is 0 Å². The number of rotatable bonds is 3. The molecule has 7 heteroatoms. The van der Waals surface area contributed by atoms with Crippen LogP contribution in [0.2, 0.25) is 0 Å². The van der Waals surface area contributed by atoms with Crippen LogP contribution in [0, 0.1) is 5.82 Å². The molecule has 0 aliphatic carbocycles. The minimum Gasteiger partial charge on any atom is -0.352 e. The Morgan fingerprint density at radius 1 is 1.26 bits per heavy atom. The minimum atomic E-state index is -0.327. The van der Waals surface area contributed by atoms with Crippen molar-refractivity contribution in [2.24, 2.45) is 0 Å². The highest BCUT2D eigenvalue weighted by Crippen LogP contribution is 2.27. The van der Waals surface area contributed by atoms with Crippen LogP contribution in [-0.4, -0.2) is 20.9 Å². The van der Waals surface area contributed by atoms with Gasteiger partial charge in [0.15, 0.2) is 5.69 Å². The van der Waals surface area contributed by atoms with Gasteiger partial charge < -0.3 is 10.3 Å². The van der Waals surface area contributed by atoms with Gasteiger partial charge in [-0.05, 0) is 24.3 Å². The lowest BCUT2D eigenvalue weighted by Gasteiger charge is -2.03. The van der Waals surface area contributed by atoms with Crippen LogP contribution in [0.4, 0.5) is 4.39 Å². The number of nitrogens with zero attached hydrogens (tertiary/aromatic N) is 2. The molecular formula is C16H11FN4OS. The van der Waals surface area contributed by atoms with Gasteiger partial charge in [-0.25, -0.2) is 14.4 Å². The third-order valence-electron chi connectivity index (χ3n) is 3.61. The predicted octanol–water partition coefficient (Wildman–Crippen LogP) is 3.24. The van der Waals surface area contributed by atoms with E-state index in [1.807, 2.05) is 11.4 Å². The molecular weight excluding hydrogens is 315 g/mol. The number of fused-ring (bicyclic) bond motifs is 3. The van der Waals surface area contributed by atoms with Gasteiger partial charge in [0.05, 0.1) is 23.3 Å². The molecule has 2 N–H and O–H groups in total. The summed E-state index contributed by atoms with van der Waals surface area (Å²) in [5, 5.41) is 6.37. The zero-order chi connectivity index (χ0) is 15.8. The molecule has 0 atom stereocenters. The van der Waals surface area contributed by atoms with Crippen molar-refractivity contribution < 1.29 is 9.18 Å². The van der Waals surface area contributed by atoms with Crippen LogP contribution < -0.4 is 5.32 Å². The molecule has 0 saturated heterocycles. The van der Waals surface area contributed by atoms with E-state index < -0.39 is 0 Å². The minimum absolute atomic E-state index is 0.286. The van der Waals surface area contributed by atoms with Crippen molar-refractivity contribution in [2.75, 3.05) is 0 Å². The predicted molar refractivity (Wildman–Crippen MR) is 86.8 cm³/mol. The zero-order valence-electron chi connectivity index (χ0n) is 11.8. The van der Waals surface area contributed by atoms with Crippen molar-refractivity contribution in [3.8, 4) is 0 Å². The van der Waals surface area contributed by atoms with Crippen LogP contribution in [0.3, 0.4) is 0 Å². The van der Waals surface area contributed by atoms with E-state index in [0.29, 0.717) is 17.6 Å². The molecule has 0 unspecified atom stereocenters. The first-order valence-electron chi connectivity index (χ1n) is 6.93. The fourth-order valence-corrected chi connectivity index (χ4v) is 3.11. The molecule has 4 aromatic rings. The van der Waals surface area contributed by atoms with Gasteiger partial charge in [-0.3, -0.25) is 4.79 Å². The highest BCUT2D eigenvalue weighted by atomic mass is 32.1. The Hall–Kier alpha value is -2.80. The number of carbonyl (C=O) groups excluding carboxylic acids is 1. The Morgan fingerprint density at radius 3 is 3.00 bits per heavy atom. The zero-order valence-corrected chi connectivity index (χ0v) is 12.7. The molecule has 0 spiro atoms. The average molecular weight is 326 g/mol. The van der Waals surface area contributed by atoms with E-state index in [1.165, 1.54) is 23.5 Å². The number of amides is 1. The fourth-order valence-electron chi connectivity index (χ4n) is 2.55. The SMILES string of the molecule is O=C(NCc1cscn1)c1nccc2c1[nH]c1cc(F)ccc12. The standard InChI is InChI=1S/C16H11FN4OS/c17-9-1-2-11-12-3-4-18-15(14(12)21-13(11)5-9)16(22)19-6-10-7-23-8-20-10/h1-5,7-8,21H,6H2,(H,19,22). The first kappa shape index (κ1) is 13.8. The van der Waals surface area contributed by atoms with E-state index in [2.05, 4.69) is 20.3 Å².